The van der Waals surface area contributed by atoms with Crippen molar-refractivity contribution in [2.45, 2.75) is 33.4 Å². The summed E-state index contributed by atoms with van der Waals surface area (Å²) in [7, 11) is 0. The topological polar surface area (TPSA) is 46.9 Å². The third kappa shape index (κ3) is 4.15. The molecule has 0 unspecified atom stereocenters. The maximum Gasteiger partial charge on any atom is 0.255 e. The van der Waals surface area contributed by atoms with E-state index in [9.17, 15) is 4.79 Å². The Kier molecular flexibility index (Phi) is 5.29. The number of carbonyl (C=O) groups is 1. The lowest BCUT2D eigenvalue weighted by atomic mass is 10.1. The molecule has 2 aromatic carbocycles. The molecule has 1 heterocycles. The third-order valence-electron chi connectivity index (χ3n) is 4.28. The van der Waals surface area contributed by atoms with Crippen LogP contribution in [0.25, 0.3) is 0 Å². The van der Waals surface area contributed by atoms with Gasteiger partial charge in [0, 0.05) is 6.54 Å². The first-order valence-corrected chi connectivity index (χ1v) is 8.59. The zero-order chi connectivity index (χ0) is 17.6. The third-order valence-corrected chi connectivity index (χ3v) is 4.28. The predicted octanol–water partition coefficient (Wildman–Crippen LogP) is 3.73. The van der Waals surface area contributed by atoms with Crippen molar-refractivity contribution in [3.05, 3.63) is 88.7 Å². The monoisotopic (exact) mass is 333 g/mol. The molecule has 4 heteroatoms. The number of aromatic nitrogens is 2. The van der Waals surface area contributed by atoms with Crippen molar-refractivity contribution in [2.24, 2.45) is 0 Å². The molecule has 0 aliphatic rings. The van der Waals surface area contributed by atoms with E-state index in [1.165, 1.54) is 11.1 Å². The molecule has 3 rings (SSSR count). The van der Waals surface area contributed by atoms with Gasteiger partial charge in [0.15, 0.2) is 0 Å². The molecule has 25 heavy (non-hydrogen) atoms. The van der Waals surface area contributed by atoms with Crippen LogP contribution in [0.5, 0.6) is 0 Å². The molecule has 4 nitrogen and oxygen atoms in total. The summed E-state index contributed by atoms with van der Waals surface area (Å²) in [5.74, 6) is -0.0725. The number of amides is 1. The Morgan fingerprint density at radius 1 is 1.04 bits per heavy atom. The van der Waals surface area contributed by atoms with E-state index < -0.39 is 0 Å². The molecule has 0 atom stereocenters. The van der Waals surface area contributed by atoms with Crippen LogP contribution in [0.4, 0.5) is 0 Å². The molecule has 1 amide bonds. The lowest BCUT2D eigenvalue weighted by molar-refractivity contribution is 0.0950. The Bertz CT molecular complexity index is 835. The van der Waals surface area contributed by atoms with Gasteiger partial charge in [0.05, 0.1) is 24.0 Å². The molecule has 3 aromatic rings. The van der Waals surface area contributed by atoms with E-state index >= 15 is 0 Å². The summed E-state index contributed by atoms with van der Waals surface area (Å²) < 4.78 is 1.91. The van der Waals surface area contributed by atoms with Gasteiger partial charge in [0.1, 0.15) is 0 Å². The van der Waals surface area contributed by atoms with Gasteiger partial charge in [-0.2, -0.15) is 5.10 Å². The molecular formula is C21H23N3O. The van der Waals surface area contributed by atoms with Crippen molar-refractivity contribution in [1.82, 2.24) is 15.1 Å². The number of aryl methyl sites for hydroxylation is 1. The van der Waals surface area contributed by atoms with E-state index in [4.69, 9.17) is 0 Å². The van der Waals surface area contributed by atoms with Gasteiger partial charge in [0.25, 0.3) is 5.91 Å². The summed E-state index contributed by atoms with van der Waals surface area (Å²) in [6, 6.07) is 18.3. The molecule has 0 saturated heterocycles. The van der Waals surface area contributed by atoms with E-state index in [0.29, 0.717) is 18.7 Å². The number of carbonyl (C=O) groups excluding carboxylic acids is 1. The molecule has 1 aromatic heterocycles. The average molecular weight is 333 g/mol. The van der Waals surface area contributed by atoms with Crippen molar-refractivity contribution in [3.8, 4) is 0 Å². The van der Waals surface area contributed by atoms with Crippen LogP contribution in [0.1, 0.15) is 39.7 Å². The summed E-state index contributed by atoms with van der Waals surface area (Å²) in [5, 5.41) is 7.42. The van der Waals surface area contributed by atoms with Crippen molar-refractivity contribution < 1.29 is 4.79 Å². The van der Waals surface area contributed by atoms with Crippen LogP contribution in [-0.4, -0.2) is 15.7 Å². The van der Waals surface area contributed by atoms with Crippen LogP contribution in [0, 0.1) is 6.92 Å². The Labute approximate surface area is 148 Å². The number of rotatable bonds is 6. The SMILES string of the molecule is CCc1c(C(=O)NCc2ccc(C)cc2)cnn1Cc1ccccc1. The summed E-state index contributed by atoms with van der Waals surface area (Å²) in [4.78, 5) is 12.6. The zero-order valence-corrected chi connectivity index (χ0v) is 14.7. The van der Waals surface area contributed by atoms with Gasteiger partial charge in [-0.3, -0.25) is 9.48 Å². The van der Waals surface area contributed by atoms with Gasteiger partial charge in [-0.1, -0.05) is 67.1 Å². The second-order valence-corrected chi connectivity index (χ2v) is 6.17. The molecule has 0 bridgehead atoms. The van der Waals surface area contributed by atoms with E-state index in [1.807, 2.05) is 35.0 Å². The van der Waals surface area contributed by atoms with E-state index in [-0.39, 0.29) is 5.91 Å². The number of nitrogens with one attached hydrogen (secondary N) is 1. The minimum absolute atomic E-state index is 0.0725. The van der Waals surface area contributed by atoms with Crippen LogP contribution < -0.4 is 5.32 Å². The Balaban J connectivity index is 1.71. The van der Waals surface area contributed by atoms with Crippen molar-refractivity contribution in [3.63, 3.8) is 0 Å². The highest BCUT2D eigenvalue weighted by molar-refractivity contribution is 5.95. The predicted molar refractivity (Wildman–Crippen MR) is 99.5 cm³/mol. The number of hydrogen-bond acceptors (Lipinski definition) is 2. The first-order valence-electron chi connectivity index (χ1n) is 8.59. The molecule has 1 N–H and O–H groups in total. The van der Waals surface area contributed by atoms with Gasteiger partial charge in [-0.15, -0.1) is 0 Å². The summed E-state index contributed by atoms with van der Waals surface area (Å²) in [6.07, 6.45) is 2.44. The van der Waals surface area contributed by atoms with Crippen LogP contribution >= 0.6 is 0 Å². The van der Waals surface area contributed by atoms with Crippen LogP contribution in [-0.2, 0) is 19.5 Å². The molecule has 0 aliphatic heterocycles. The maximum atomic E-state index is 12.6. The lowest BCUT2D eigenvalue weighted by Crippen LogP contribution is -2.24. The molecule has 0 fully saturated rings. The molecule has 128 valence electrons. The quantitative estimate of drug-likeness (QED) is 0.747. The fraction of sp³-hybridized carbons (Fsp3) is 0.238. The van der Waals surface area contributed by atoms with Crippen LogP contribution in [0.15, 0.2) is 60.8 Å². The lowest BCUT2D eigenvalue weighted by Gasteiger charge is -2.09. The average Bonchev–Trinajstić information content (AvgIpc) is 3.04. The Hall–Kier alpha value is -2.88. The van der Waals surface area contributed by atoms with Crippen LogP contribution in [0.2, 0.25) is 0 Å². The maximum absolute atomic E-state index is 12.6. The van der Waals surface area contributed by atoms with Crippen molar-refractivity contribution in [1.29, 1.82) is 0 Å². The highest BCUT2D eigenvalue weighted by atomic mass is 16.1. The highest BCUT2D eigenvalue weighted by Crippen LogP contribution is 2.13. The highest BCUT2D eigenvalue weighted by Gasteiger charge is 2.16. The number of hydrogen-bond donors (Lipinski definition) is 1. The minimum atomic E-state index is -0.0725. The van der Waals surface area contributed by atoms with E-state index in [2.05, 4.69) is 48.5 Å². The Morgan fingerprint density at radius 2 is 1.76 bits per heavy atom. The smallest absolute Gasteiger partial charge is 0.255 e. The zero-order valence-electron chi connectivity index (χ0n) is 14.7. The largest absolute Gasteiger partial charge is 0.348 e. The molecule has 0 spiro atoms. The van der Waals surface area contributed by atoms with E-state index in [0.717, 1.165) is 17.7 Å². The second-order valence-electron chi connectivity index (χ2n) is 6.17. The van der Waals surface area contributed by atoms with Gasteiger partial charge in [-0.25, -0.2) is 0 Å². The van der Waals surface area contributed by atoms with Crippen molar-refractivity contribution >= 4 is 5.91 Å². The second kappa shape index (κ2) is 7.79. The standard InChI is InChI=1S/C21H23N3O/c1-3-20-19(14-23-24(20)15-18-7-5-4-6-8-18)21(25)22-13-17-11-9-16(2)10-12-17/h4-12,14H,3,13,15H2,1-2H3,(H,22,25). The Morgan fingerprint density at radius 3 is 2.44 bits per heavy atom. The molecule has 0 aliphatic carbocycles. The normalized spacial score (nSPS) is 10.6. The van der Waals surface area contributed by atoms with Gasteiger partial charge in [0.2, 0.25) is 0 Å². The summed E-state index contributed by atoms with van der Waals surface area (Å²) in [5.41, 5.74) is 5.10. The van der Waals surface area contributed by atoms with Crippen LogP contribution in [0.3, 0.4) is 0 Å². The molecular weight excluding hydrogens is 310 g/mol. The summed E-state index contributed by atoms with van der Waals surface area (Å²) in [6.45, 7) is 5.30. The number of nitrogens with zero attached hydrogens (tertiary/aromatic N) is 2. The van der Waals surface area contributed by atoms with Gasteiger partial charge in [-0.05, 0) is 24.5 Å². The molecule has 0 radical (unpaired) electrons. The first kappa shape index (κ1) is 17.0. The number of benzene rings is 2. The fourth-order valence-electron chi connectivity index (χ4n) is 2.85. The first-order chi connectivity index (χ1) is 12.2. The van der Waals surface area contributed by atoms with Gasteiger partial charge >= 0.3 is 0 Å². The van der Waals surface area contributed by atoms with Crippen molar-refractivity contribution in [2.75, 3.05) is 0 Å². The fourth-order valence-corrected chi connectivity index (χ4v) is 2.85. The molecule has 0 saturated carbocycles. The van der Waals surface area contributed by atoms with Gasteiger partial charge < -0.3 is 5.32 Å². The van der Waals surface area contributed by atoms with E-state index in [1.54, 1.807) is 6.20 Å². The summed E-state index contributed by atoms with van der Waals surface area (Å²) >= 11 is 0. The minimum Gasteiger partial charge on any atom is -0.348 e.